The van der Waals surface area contributed by atoms with E-state index < -0.39 is 0 Å². The van der Waals surface area contributed by atoms with Crippen molar-refractivity contribution in [3.8, 4) is 11.3 Å². The van der Waals surface area contributed by atoms with Crippen LogP contribution >= 0.6 is 0 Å². The summed E-state index contributed by atoms with van der Waals surface area (Å²) in [5.41, 5.74) is 8.48. The average molecular weight is 469 g/mol. The molecule has 0 radical (unpaired) electrons. The lowest BCUT2D eigenvalue weighted by Crippen LogP contribution is -2.32. The Morgan fingerprint density at radius 3 is 2.69 bits per heavy atom. The van der Waals surface area contributed by atoms with E-state index in [1.165, 1.54) is 38.9 Å². The first-order chi connectivity index (χ1) is 17.0. The molecule has 0 bridgehead atoms. The summed E-state index contributed by atoms with van der Waals surface area (Å²) in [5.74, 6) is 1.89. The molecule has 1 aromatic carbocycles. The van der Waals surface area contributed by atoms with Crippen LogP contribution in [0.2, 0.25) is 0 Å². The third kappa shape index (κ3) is 4.01. The summed E-state index contributed by atoms with van der Waals surface area (Å²) in [6.45, 7) is 9.71. The van der Waals surface area contributed by atoms with Crippen molar-refractivity contribution < 1.29 is 0 Å². The number of H-pyrrole nitrogens is 1. The maximum absolute atomic E-state index is 4.44. The van der Waals surface area contributed by atoms with Crippen LogP contribution in [0.15, 0.2) is 43.1 Å². The number of piperidine rings is 1. The van der Waals surface area contributed by atoms with Crippen molar-refractivity contribution in [1.82, 2.24) is 39.2 Å². The molecule has 1 aliphatic heterocycles. The Morgan fingerprint density at radius 1 is 1.11 bits per heavy atom. The van der Waals surface area contributed by atoms with Gasteiger partial charge in [0.1, 0.15) is 12.7 Å². The van der Waals surface area contributed by atoms with Crippen molar-refractivity contribution in [2.24, 2.45) is 7.05 Å². The summed E-state index contributed by atoms with van der Waals surface area (Å²) in [4.78, 5) is 14.9. The van der Waals surface area contributed by atoms with E-state index in [9.17, 15) is 0 Å². The van der Waals surface area contributed by atoms with Gasteiger partial charge in [0.25, 0.3) is 0 Å². The number of nitrogens with zero attached hydrogens (tertiary/aromatic N) is 7. The topological polar surface area (TPSA) is 79.9 Å². The first kappa shape index (κ1) is 22.0. The molecule has 8 nitrogen and oxygen atoms in total. The van der Waals surface area contributed by atoms with E-state index in [1.807, 2.05) is 11.6 Å². The Balaban J connectivity index is 1.30. The molecule has 0 unspecified atom stereocenters. The quantitative estimate of drug-likeness (QED) is 0.400. The Labute approximate surface area is 205 Å². The minimum Gasteiger partial charge on any atom is -0.354 e. The number of nitrogens with one attached hydrogen (secondary N) is 1. The third-order valence-corrected chi connectivity index (χ3v) is 7.40. The molecule has 8 heteroatoms. The number of hydrogen-bond donors (Lipinski definition) is 1. The normalized spacial score (nSPS) is 15.7. The van der Waals surface area contributed by atoms with Gasteiger partial charge in [-0.2, -0.15) is 10.2 Å². The van der Waals surface area contributed by atoms with Gasteiger partial charge in [-0.25, -0.2) is 14.5 Å². The van der Waals surface area contributed by atoms with Crippen LogP contribution in [0.4, 0.5) is 0 Å². The van der Waals surface area contributed by atoms with Gasteiger partial charge in [-0.15, -0.1) is 0 Å². The zero-order valence-corrected chi connectivity index (χ0v) is 20.9. The molecule has 0 saturated carbocycles. The van der Waals surface area contributed by atoms with Gasteiger partial charge < -0.3 is 4.98 Å². The SMILES string of the molecule is Cc1cc2ncnn2cc1-c1[nH]c2ccc(C3CCN(Cc4ncn(C)n4)CC3)cc2c1C(C)C. The van der Waals surface area contributed by atoms with Crippen LogP contribution in [-0.4, -0.2) is 52.3 Å². The molecule has 5 aromatic rings. The molecule has 35 heavy (non-hydrogen) atoms. The van der Waals surface area contributed by atoms with Gasteiger partial charge in [0, 0.05) is 29.7 Å². The molecule has 180 valence electrons. The number of likely N-dealkylation sites (tertiary alicyclic amines) is 1. The van der Waals surface area contributed by atoms with Crippen LogP contribution in [0.3, 0.4) is 0 Å². The smallest absolute Gasteiger partial charge is 0.164 e. The molecule has 5 heterocycles. The standard InChI is InChI=1S/C27H32N8/c1-17(2)26-21-12-20(19-7-9-34(10-8-19)14-24-29-16-33(4)32-24)5-6-23(21)31-27(26)22-13-35-25(11-18(22)3)28-15-30-35/h5-6,11-13,15-17,19,31H,7-10,14H2,1-4H3. The second kappa shape index (κ2) is 8.61. The predicted octanol–water partition coefficient (Wildman–Crippen LogP) is 4.82. The van der Waals surface area contributed by atoms with Gasteiger partial charge in [0.15, 0.2) is 11.5 Å². The zero-order chi connectivity index (χ0) is 24.1. The number of rotatable bonds is 5. The van der Waals surface area contributed by atoms with Gasteiger partial charge >= 0.3 is 0 Å². The fourth-order valence-electron chi connectivity index (χ4n) is 5.60. The van der Waals surface area contributed by atoms with E-state index >= 15 is 0 Å². The molecule has 1 N–H and O–H groups in total. The number of fused-ring (bicyclic) bond motifs is 2. The van der Waals surface area contributed by atoms with E-state index in [0.29, 0.717) is 11.8 Å². The minimum absolute atomic E-state index is 0.396. The molecular weight excluding hydrogens is 436 g/mol. The molecule has 1 aliphatic rings. The summed E-state index contributed by atoms with van der Waals surface area (Å²) in [7, 11) is 1.92. The molecular formula is C27H32N8. The number of aromatic amines is 1. The van der Waals surface area contributed by atoms with Crippen molar-refractivity contribution in [3.63, 3.8) is 0 Å². The zero-order valence-electron chi connectivity index (χ0n) is 20.9. The van der Waals surface area contributed by atoms with Crippen molar-refractivity contribution >= 4 is 16.6 Å². The van der Waals surface area contributed by atoms with Crippen molar-refractivity contribution in [2.45, 2.75) is 52.0 Å². The summed E-state index contributed by atoms with van der Waals surface area (Å²) in [5, 5.41) is 10.1. The second-order valence-electron chi connectivity index (χ2n) is 10.2. The highest BCUT2D eigenvalue weighted by Crippen LogP contribution is 2.39. The summed E-state index contributed by atoms with van der Waals surface area (Å²) in [6, 6.07) is 9.14. The van der Waals surface area contributed by atoms with Crippen LogP contribution in [0.5, 0.6) is 0 Å². The lowest BCUT2D eigenvalue weighted by Gasteiger charge is -2.31. The first-order valence-corrected chi connectivity index (χ1v) is 12.5. The lowest BCUT2D eigenvalue weighted by molar-refractivity contribution is 0.200. The Morgan fingerprint density at radius 2 is 1.94 bits per heavy atom. The molecule has 0 atom stereocenters. The van der Waals surface area contributed by atoms with E-state index in [-0.39, 0.29) is 0 Å². The van der Waals surface area contributed by atoms with Gasteiger partial charge in [-0.3, -0.25) is 9.58 Å². The average Bonchev–Trinajstić information content (AvgIpc) is 3.56. The van der Waals surface area contributed by atoms with E-state index in [2.05, 4.69) is 81.3 Å². The molecule has 0 amide bonds. The van der Waals surface area contributed by atoms with Gasteiger partial charge in [0.05, 0.1) is 12.2 Å². The highest BCUT2D eigenvalue weighted by atomic mass is 15.3. The summed E-state index contributed by atoms with van der Waals surface area (Å²) in [6.07, 6.45) is 7.81. The Bertz CT molecular complexity index is 1500. The van der Waals surface area contributed by atoms with Crippen LogP contribution in [-0.2, 0) is 13.6 Å². The minimum atomic E-state index is 0.396. The van der Waals surface area contributed by atoms with Gasteiger partial charge in [-0.1, -0.05) is 19.9 Å². The lowest BCUT2D eigenvalue weighted by atomic mass is 9.87. The summed E-state index contributed by atoms with van der Waals surface area (Å²) >= 11 is 0. The molecule has 6 rings (SSSR count). The molecule has 4 aromatic heterocycles. The van der Waals surface area contributed by atoms with Crippen LogP contribution < -0.4 is 0 Å². The number of aryl methyl sites for hydroxylation is 2. The fraction of sp³-hybridized carbons (Fsp3) is 0.407. The number of benzene rings is 1. The fourth-order valence-corrected chi connectivity index (χ4v) is 5.60. The highest BCUT2D eigenvalue weighted by Gasteiger charge is 2.24. The summed E-state index contributed by atoms with van der Waals surface area (Å²) < 4.78 is 3.64. The van der Waals surface area contributed by atoms with E-state index in [4.69, 9.17) is 0 Å². The van der Waals surface area contributed by atoms with Crippen molar-refractivity contribution in [2.75, 3.05) is 13.1 Å². The number of hydrogen-bond acceptors (Lipinski definition) is 5. The predicted molar refractivity (Wildman–Crippen MR) is 137 cm³/mol. The Kier molecular flexibility index (Phi) is 5.40. The highest BCUT2D eigenvalue weighted by molar-refractivity contribution is 5.92. The number of aromatic nitrogens is 7. The maximum Gasteiger partial charge on any atom is 0.164 e. The Hall–Kier alpha value is -3.52. The molecule has 0 aliphatic carbocycles. The molecule has 1 saturated heterocycles. The van der Waals surface area contributed by atoms with E-state index in [0.717, 1.165) is 43.9 Å². The van der Waals surface area contributed by atoms with Crippen LogP contribution in [0, 0.1) is 6.92 Å². The monoisotopic (exact) mass is 468 g/mol. The largest absolute Gasteiger partial charge is 0.354 e. The third-order valence-electron chi connectivity index (χ3n) is 7.40. The first-order valence-electron chi connectivity index (χ1n) is 12.5. The number of pyridine rings is 1. The second-order valence-corrected chi connectivity index (χ2v) is 10.2. The molecule has 1 fully saturated rings. The van der Waals surface area contributed by atoms with Crippen molar-refractivity contribution in [1.29, 1.82) is 0 Å². The van der Waals surface area contributed by atoms with Crippen LogP contribution in [0.1, 0.15) is 61.0 Å². The van der Waals surface area contributed by atoms with Crippen LogP contribution in [0.25, 0.3) is 27.8 Å². The van der Waals surface area contributed by atoms with Gasteiger partial charge in [-0.05, 0) is 79.6 Å². The molecule has 0 spiro atoms. The maximum atomic E-state index is 4.44. The van der Waals surface area contributed by atoms with E-state index in [1.54, 1.807) is 17.3 Å². The van der Waals surface area contributed by atoms with Gasteiger partial charge in [0.2, 0.25) is 0 Å². The van der Waals surface area contributed by atoms with Crippen molar-refractivity contribution in [3.05, 3.63) is 65.6 Å².